The van der Waals surface area contributed by atoms with Crippen LogP contribution in [-0.4, -0.2) is 6.61 Å². The summed E-state index contributed by atoms with van der Waals surface area (Å²) >= 11 is 3.16. The van der Waals surface area contributed by atoms with Gasteiger partial charge in [0.1, 0.15) is 5.82 Å². The van der Waals surface area contributed by atoms with E-state index in [2.05, 4.69) is 15.9 Å². The molecule has 0 saturated heterocycles. The zero-order valence-electron chi connectivity index (χ0n) is 8.75. The fraction of sp³-hybridized carbons (Fsp3) is 0.333. The molecule has 0 aromatic heterocycles. The Labute approximate surface area is 102 Å². The molecule has 1 atom stereocenters. The van der Waals surface area contributed by atoms with Crippen LogP contribution >= 0.6 is 15.9 Å². The Hall–Kier alpha value is -0.870. The summed E-state index contributed by atoms with van der Waals surface area (Å²) in [5, 5.41) is 0. The van der Waals surface area contributed by atoms with Gasteiger partial charge in [-0.15, -0.1) is 0 Å². The number of rotatable bonds is 2. The van der Waals surface area contributed by atoms with Crippen molar-refractivity contribution in [3.63, 3.8) is 0 Å². The first kappa shape index (κ1) is 11.6. The zero-order chi connectivity index (χ0) is 11.5. The number of hydrogen-bond donors (Lipinski definition) is 1. The van der Waals surface area contributed by atoms with Crippen LogP contribution in [0.1, 0.15) is 24.4 Å². The molecule has 0 aliphatic carbocycles. The Kier molecular flexibility index (Phi) is 3.61. The van der Waals surface area contributed by atoms with Gasteiger partial charge >= 0.3 is 0 Å². The van der Waals surface area contributed by atoms with Gasteiger partial charge in [0.2, 0.25) is 0 Å². The predicted octanol–water partition coefficient (Wildman–Crippen LogP) is 3.28. The van der Waals surface area contributed by atoms with Gasteiger partial charge in [0.25, 0.3) is 0 Å². The summed E-state index contributed by atoms with van der Waals surface area (Å²) in [6, 6.07) is 4.74. The molecule has 1 aromatic carbocycles. The van der Waals surface area contributed by atoms with E-state index >= 15 is 0 Å². The molecule has 1 aliphatic heterocycles. The van der Waals surface area contributed by atoms with Crippen molar-refractivity contribution in [2.45, 2.75) is 18.9 Å². The summed E-state index contributed by atoms with van der Waals surface area (Å²) < 4.78 is 19.5. The highest BCUT2D eigenvalue weighted by Crippen LogP contribution is 2.29. The van der Waals surface area contributed by atoms with Gasteiger partial charge in [-0.25, -0.2) is 4.39 Å². The van der Waals surface area contributed by atoms with Crippen LogP contribution < -0.4 is 5.73 Å². The van der Waals surface area contributed by atoms with Gasteiger partial charge in [0, 0.05) is 5.56 Å². The monoisotopic (exact) mass is 285 g/mol. The molecular formula is C12H13BrFNO. The second-order valence-corrected chi connectivity index (χ2v) is 4.64. The molecule has 0 spiro atoms. The van der Waals surface area contributed by atoms with Crippen LogP contribution in [0.25, 0.3) is 0 Å². The lowest BCUT2D eigenvalue weighted by Gasteiger charge is -2.20. The zero-order valence-corrected chi connectivity index (χ0v) is 10.3. The molecular weight excluding hydrogens is 273 g/mol. The molecule has 16 heavy (non-hydrogen) atoms. The van der Waals surface area contributed by atoms with Gasteiger partial charge in [-0.2, -0.15) is 0 Å². The molecule has 1 heterocycles. The van der Waals surface area contributed by atoms with Crippen molar-refractivity contribution < 1.29 is 9.13 Å². The van der Waals surface area contributed by atoms with Crippen molar-refractivity contribution in [2.75, 3.05) is 6.61 Å². The first-order valence-corrected chi connectivity index (χ1v) is 5.99. The van der Waals surface area contributed by atoms with Crippen molar-refractivity contribution in [3.05, 3.63) is 45.9 Å². The summed E-state index contributed by atoms with van der Waals surface area (Å²) in [7, 11) is 0. The minimum absolute atomic E-state index is 0.290. The van der Waals surface area contributed by atoms with Gasteiger partial charge in [0.05, 0.1) is 23.4 Å². The third-order valence-electron chi connectivity index (χ3n) is 2.68. The molecule has 0 fully saturated rings. The molecule has 1 aromatic rings. The molecule has 0 bridgehead atoms. The van der Waals surface area contributed by atoms with Crippen molar-refractivity contribution in [2.24, 2.45) is 5.73 Å². The topological polar surface area (TPSA) is 35.2 Å². The number of hydrogen-bond acceptors (Lipinski definition) is 2. The molecule has 2 N–H and O–H groups in total. The van der Waals surface area contributed by atoms with Crippen LogP contribution in [0.2, 0.25) is 0 Å². The lowest BCUT2D eigenvalue weighted by atomic mass is 9.96. The van der Waals surface area contributed by atoms with Gasteiger partial charge < -0.3 is 10.5 Å². The maximum Gasteiger partial charge on any atom is 0.142 e. The summed E-state index contributed by atoms with van der Waals surface area (Å²) in [6.45, 7) is 0.719. The molecule has 86 valence electrons. The highest BCUT2D eigenvalue weighted by atomic mass is 79.9. The number of ether oxygens (including phenoxy) is 1. The smallest absolute Gasteiger partial charge is 0.142 e. The van der Waals surface area contributed by atoms with E-state index in [9.17, 15) is 4.39 Å². The van der Waals surface area contributed by atoms with Crippen LogP contribution in [0.4, 0.5) is 4.39 Å². The number of halogens is 2. The van der Waals surface area contributed by atoms with E-state index in [0.29, 0.717) is 10.0 Å². The average Bonchev–Trinajstić information content (AvgIpc) is 2.33. The summed E-state index contributed by atoms with van der Waals surface area (Å²) in [5.74, 6) is -0.290. The molecule has 1 unspecified atom stereocenters. The van der Waals surface area contributed by atoms with Crippen molar-refractivity contribution in [3.8, 4) is 0 Å². The maximum atomic E-state index is 13.8. The van der Waals surface area contributed by atoms with Crippen LogP contribution in [-0.2, 0) is 4.74 Å². The Morgan fingerprint density at radius 2 is 2.25 bits per heavy atom. The summed E-state index contributed by atoms with van der Waals surface area (Å²) in [6.07, 6.45) is 3.47. The van der Waals surface area contributed by atoms with Crippen LogP contribution in [0, 0.1) is 5.82 Å². The minimum atomic E-state index is -0.419. The van der Waals surface area contributed by atoms with Crippen LogP contribution in [0.3, 0.4) is 0 Å². The quantitative estimate of drug-likeness (QED) is 0.905. The maximum absolute atomic E-state index is 13.8. The number of benzene rings is 1. The van der Waals surface area contributed by atoms with Crippen LogP contribution in [0.15, 0.2) is 34.5 Å². The average molecular weight is 286 g/mol. The lowest BCUT2D eigenvalue weighted by molar-refractivity contribution is 0.221. The van der Waals surface area contributed by atoms with Crippen molar-refractivity contribution in [1.82, 2.24) is 0 Å². The van der Waals surface area contributed by atoms with Gasteiger partial charge in [-0.3, -0.25) is 0 Å². The summed E-state index contributed by atoms with van der Waals surface area (Å²) in [4.78, 5) is 0. The predicted molar refractivity (Wildman–Crippen MR) is 64.3 cm³/mol. The fourth-order valence-electron chi connectivity index (χ4n) is 1.77. The normalized spacial score (nSPS) is 17.6. The van der Waals surface area contributed by atoms with E-state index in [1.54, 1.807) is 24.5 Å². The standard InChI is InChI=1S/C12H13BrFNO/c13-10-5-1-4-9(11(10)14)12(15)8-3-2-6-16-7-8/h1,4-5,7,12H,2-3,6,15H2. The SMILES string of the molecule is NC(C1=COCCC1)c1cccc(Br)c1F. The molecule has 1 aliphatic rings. The Morgan fingerprint density at radius 3 is 2.94 bits per heavy atom. The van der Waals surface area contributed by atoms with Crippen molar-refractivity contribution >= 4 is 15.9 Å². The highest BCUT2D eigenvalue weighted by Gasteiger charge is 2.19. The Bertz CT molecular complexity index is 419. The largest absolute Gasteiger partial charge is 0.501 e. The second-order valence-electron chi connectivity index (χ2n) is 3.79. The van der Waals surface area contributed by atoms with Crippen LogP contribution in [0.5, 0.6) is 0 Å². The lowest BCUT2D eigenvalue weighted by Crippen LogP contribution is -2.17. The minimum Gasteiger partial charge on any atom is -0.501 e. The first-order chi connectivity index (χ1) is 7.70. The fourth-order valence-corrected chi connectivity index (χ4v) is 2.16. The molecule has 4 heteroatoms. The second kappa shape index (κ2) is 4.97. The van der Waals surface area contributed by atoms with Crippen molar-refractivity contribution in [1.29, 1.82) is 0 Å². The van der Waals surface area contributed by atoms with Gasteiger partial charge in [0.15, 0.2) is 0 Å². The van der Waals surface area contributed by atoms with Gasteiger partial charge in [-0.05, 0) is 40.4 Å². The highest BCUT2D eigenvalue weighted by molar-refractivity contribution is 9.10. The number of nitrogens with two attached hydrogens (primary N) is 1. The van der Waals surface area contributed by atoms with E-state index in [1.165, 1.54) is 0 Å². The molecule has 2 nitrogen and oxygen atoms in total. The molecule has 0 saturated carbocycles. The third kappa shape index (κ3) is 2.28. The van der Waals surface area contributed by atoms with Gasteiger partial charge in [-0.1, -0.05) is 12.1 Å². The summed E-state index contributed by atoms with van der Waals surface area (Å²) in [5.41, 5.74) is 7.48. The van der Waals surface area contributed by atoms with E-state index < -0.39 is 6.04 Å². The third-order valence-corrected chi connectivity index (χ3v) is 3.29. The van der Waals surface area contributed by atoms with E-state index in [4.69, 9.17) is 10.5 Å². The van der Waals surface area contributed by atoms with E-state index in [-0.39, 0.29) is 5.82 Å². The molecule has 2 rings (SSSR count). The molecule has 0 amide bonds. The Balaban J connectivity index is 2.29. The van der Waals surface area contributed by atoms with E-state index in [0.717, 1.165) is 25.0 Å². The molecule has 0 radical (unpaired) electrons. The Morgan fingerprint density at radius 1 is 1.44 bits per heavy atom. The first-order valence-electron chi connectivity index (χ1n) is 5.20. The van der Waals surface area contributed by atoms with E-state index in [1.807, 2.05) is 0 Å².